The molecule has 0 spiro atoms. The van der Waals surface area contributed by atoms with E-state index >= 15 is 0 Å². The van der Waals surface area contributed by atoms with Crippen molar-refractivity contribution < 1.29 is 27.9 Å². The summed E-state index contributed by atoms with van der Waals surface area (Å²) in [6, 6.07) is 0. The van der Waals surface area contributed by atoms with Crippen molar-refractivity contribution in [3.05, 3.63) is 0 Å². The molecular weight excluding hydrogens is 313 g/mol. The first-order valence-electron chi connectivity index (χ1n) is 8.07. The van der Waals surface area contributed by atoms with Crippen molar-refractivity contribution in [1.29, 1.82) is 0 Å². The van der Waals surface area contributed by atoms with E-state index in [1.54, 1.807) is 0 Å². The van der Waals surface area contributed by atoms with E-state index in [4.69, 9.17) is 0 Å². The molecule has 132 valence electrons. The number of carbonyl (C=O) groups is 2. The van der Waals surface area contributed by atoms with Gasteiger partial charge in [-0.25, -0.2) is 0 Å². The van der Waals surface area contributed by atoms with Gasteiger partial charge in [-0.2, -0.15) is 13.2 Å². The Morgan fingerprint density at radius 3 is 2.57 bits per heavy atom. The van der Waals surface area contributed by atoms with Gasteiger partial charge in [0.25, 0.3) is 5.91 Å². The zero-order valence-corrected chi connectivity index (χ0v) is 13.0. The molecule has 23 heavy (non-hydrogen) atoms. The quantitative estimate of drug-likeness (QED) is 0.801. The molecule has 0 aromatic rings. The molecule has 2 fully saturated rings. The van der Waals surface area contributed by atoms with Gasteiger partial charge in [0.1, 0.15) is 6.10 Å². The lowest BCUT2D eigenvalue weighted by Crippen LogP contribution is -2.46. The lowest BCUT2D eigenvalue weighted by atomic mass is 10.2. The topological polar surface area (TPSA) is 60.9 Å². The molecule has 5 nitrogen and oxygen atoms in total. The zero-order valence-electron chi connectivity index (χ0n) is 13.0. The van der Waals surface area contributed by atoms with E-state index in [0.29, 0.717) is 32.4 Å². The summed E-state index contributed by atoms with van der Waals surface area (Å²) in [5, 5.41) is 9.68. The van der Waals surface area contributed by atoms with Crippen LogP contribution >= 0.6 is 0 Å². The normalized spacial score (nSPS) is 22.9. The van der Waals surface area contributed by atoms with Crippen LogP contribution in [0.1, 0.15) is 38.5 Å². The maximum atomic E-state index is 12.4. The van der Waals surface area contributed by atoms with E-state index in [2.05, 4.69) is 0 Å². The van der Waals surface area contributed by atoms with E-state index < -0.39 is 30.5 Å². The van der Waals surface area contributed by atoms with Crippen LogP contribution in [0.3, 0.4) is 0 Å². The number of likely N-dealkylation sites (tertiary alicyclic amines) is 1. The number of aliphatic hydroxyl groups excluding tert-OH is 1. The van der Waals surface area contributed by atoms with Crippen LogP contribution in [-0.4, -0.2) is 65.2 Å². The lowest BCUT2D eigenvalue weighted by Gasteiger charge is -2.28. The van der Waals surface area contributed by atoms with Crippen molar-refractivity contribution in [1.82, 2.24) is 9.80 Å². The second kappa shape index (κ2) is 7.51. The predicted octanol–water partition coefficient (Wildman–Crippen LogP) is 1.55. The Morgan fingerprint density at radius 2 is 1.96 bits per heavy atom. The summed E-state index contributed by atoms with van der Waals surface area (Å²) >= 11 is 0. The fraction of sp³-hybridized carbons (Fsp3) is 0.867. The Bertz CT molecular complexity index is 438. The van der Waals surface area contributed by atoms with Crippen LogP contribution < -0.4 is 0 Å². The summed E-state index contributed by atoms with van der Waals surface area (Å²) in [5.74, 6) is -0.695. The number of nitrogens with zero attached hydrogens (tertiary/aromatic N) is 2. The Morgan fingerprint density at radius 1 is 1.26 bits per heavy atom. The van der Waals surface area contributed by atoms with Gasteiger partial charge in [-0.05, 0) is 38.0 Å². The molecule has 8 heteroatoms. The van der Waals surface area contributed by atoms with E-state index in [0.717, 1.165) is 12.8 Å². The van der Waals surface area contributed by atoms with Crippen LogP contribution in [0, 0.1) is 5.92 Å². The fourth-order valence-electron chi connectivity index (χ4n) is 2.70. The largest absolute Gasteiger partial charge is 0.390 e. The molecule has 1 atom stereocenters. The van der Waals surface area contributed by atoms with Gasteiger partial charge in [0.15, 0.2) is 0 Å². The van der Waals surface area contributed by atoms with E-state index in [-0.39, 0.29) is 19.0 Å². The van der Waals surface area contributed by atoms with Crippen LogP contribution in [0.5, 0.6) is 0 Å². The highest BCUT2D eigenvalue weighted by Gasteiger charge is 2.33. The Hall–Kier alpha value is -1.31. The van der Waals surface area contributed by atoms with Crippen LogP contribution in [0.4, 0.5) is 13.2 Å². The van der Waals surface area contributed by atoms with Gasteiger partial charge in [0.2, 0.25) is 5.91 Å². The van der Waals surface area contributed by atoms with Gasteiger partial charge in [-0.3, -0.25) is 9.59 Å². The first kappa shape index (κ1) is 18.0. The number of hydrogen-bond donors (Lipinski definition) is 1. The second-order valence-electron chi connectivity index (χ2n) is 6.42. The van der Waals surface area contributed by atoms with Crippen LogP contribution in [0.15, 0.2) is 0 Å². The number of rotatable bonds is 6. The third-order valence-corrected chi connectivity index (χ3v) is 4.27. The Kier molecular flexibility index (Phi) is 5.89. The third-order valence-electron chi connectivity index (χ3n) is 4.27. The number of hydrogen-bond acceptors (Lipinski definition) is 3. The van der Waals surface area contributed by atoms with Crippen molar-refractivity contribution in [2.45, 2.75) is 50.8 Å². The highest BCUT2D eigenvalue weighted by Crippen LogP contribution is 2.30. The van der Waals surface area contributed by atoms with Gasteiger partial charge in [-0.1, -0.05) is 0 Å². The maximum Gasteiger partial charge on any atom is 0.390 e. The van der Waals surface area contributed by atoms with Crippen molar-refractivity contribution in [3.63, 3.8) is 0 Å². The summed E-state index contributed by atoms with van der Waals surface area (Å²) in [7, 11) is 0. The molecular formula is C15H23F3N2O3. The molecule has 0 aromatic carbocycles. The van der Waals surface area contributed by atoms with E-state index in [1.165, 1.54) is 9.80 Å². The third kappa shape index (κ3) is 6.01. The molecule has 2 aliphatic rings. The number of aliphatic hydroxyl groups is 1. The van der Waals surface area contributed by atoms with Gasteiger partial charge < -0.3 is 14.9 Å². The minimum Gasteiger partial charge on any atom is -0.383 e. The van der Waals surface area contributed by atoms with E-state index in [1.807, 2.05) is 0 Å². The maximum absolute atomic E-state index is 12.4. The molecule has 1 heterocycles. The zero-order chi connectivity index (χ0) is 17.0. The molecule has 1 saturated carbocycles. The fourth-order valence-corrected chi connectivity index (χ4v) is 2.70. The molecule has 2 rings (SSSR count). The van der Waals surface area contributed by atoms with Crippen LogP contribution in [-0.2, 0) is 9.59 Å². The highest BCUT2D eigenvalue weighted by atomic mass is 19.4. The standard InChI is InChI=1S/C15H23F3N2O3/c16-15(17,18)6-8-19(9-11-4-5-11)13(22)10-20-7-2-1-3-12(21)14(20)23/h11-12,21H,1-10H2. The first-order chi connectivity index (χ1) is 10.8. The molecule has 1 saturated heterocycles. The average molecular weight is 336 g/mol. The highest BCUT2D eigenvalue weighted by molar-refractivity contribution is 5.87. The minimum absolute atomic E-state index is 0.250. The lowest BCUT2D eigenvalue weighted by molar-refractivity contribution is -0.150. The molecule has 1 aliphatic heterocycles. The summed E-state index contributed by atoms with van der Waals surface area (Å²) in [5.41, 5.74) is 0. The molecule has 0 aromatic heterocycles. The summed E-state index contributed by atoms with van der Waals surface area (Å²) in [6.45, 7) is 0.0571. The number of alkyl halides is 3. The van der Waals surface area contributed by atoms with Crippen molar-refractivity contribution in [3.8, 4) is 0 Å². The number of halogens is 3. The average Bonchev–Trinajstić information content (AvgIpc) is 3.28. The van der Waals surface area contributed by atoms with Gasteiger partial charge in [-0.15, -0.1) is 0 Å². The van der Waals surface area contributed by atoms with Gasteiger partial charge in [0.05, 0.1) is 13.0 Å². The first-order valence-corrected chi connectivity index (χ1v) is 8.07. The monoisotopic (exact) mass is 336 g/mol. The summed E-state index contributed by atoms with van der Waals surface area (Å²) < 4.78 is 37.3. The molecule has 0 radical (unpaired) electrons. The second-order valence-corrected chi connectivity index (χ2v) is 6.42. The number of carbonyl (C=O) groups excluding carboxylic acids is 2. The van der Waals surface area contributed by atoms with Crippen molar-refractivity contribution >= 4 is 11.8 Å². The van der Waals surface area contributed by atoms with Crippen molar-refractivity contribution in [2.75, 3.05) is 26.2 Å². The SMILES string of the molecule is O=C(CN1CCCCC(O)C1=O)N(CCC(F)(F)F)CC1CC1. The molecule has 0 bridgehead atoms. The van der Waals surface area contributed by atoms with Crippen LogP contribution in [0.2, 0.25) is 0 Å². The Labute approximate surface area is 133 Å². The molecule has 1 aliphatic carbocycles. The molecule has 1 unspecified atom stereocenters. The minimum atomic E-state index is -4.31. The van der Waals surface area contributed by atoms with Gasteiger partial charge >= 0.3 is 6.18 Å². The smallest absolute Gasteiger partial charge is 0.383 e. The summed E-state index contributed by atoms with van der Waals surface area (Å²) in [4.78, 5) is 26.8. The molecule has 1 N–H and O–H groups in total. The van der Waals surface area contributed by atoms with Gasteiger partial charge in [0, 0.05) is 19.6 Å². The number of amides is 2. The molecule has 2 amide bonds. The predicted molar refractivity (Wildman–Crippen MR) is 76.4 cm³/mol. The van der Waals surface area contributed by atoms with Crippen LogP contribution in [0.25, 0.3) is 0 Å². The van der Waals surface area contributed by atoms with E-state index in [9.17, 15) is 27.9 Å². The van der Waals surface area contributed by atoms with Crippen molar-refractivity contribution in [2.24, 2.45) is 5.92 Å². The Balaban J connectivity index is 1.93. The summed E-state index contributed by atoms with van der Waals surface area (Å²) in [6.07, 6.45) is -2.87.